The third kappa shape index (κ3) is 5.35. The second kappa shape index (κ2) is 5.67. The molecule has 0 atom stereocenters. The first-order valence-corrected chi connectivity index (χ1v) is 3.17. The number of ether oxygens (including phenoxy) is 1. The van der Waals surface area contributed by atoms with Crippen molar-refractivity contribution in [3.63, 3.8) is 0 Å². The van der Waals surface area contributed by atoms with Crippen molar-refractivity contribution in [1.82, 2.24) is 0 Å². The Morgan fingerprint density at radius 3 is 2.27 bits per heavy atom. The summed E-state index contributed by atoms with van der Waals surface area (Å²) in [7, 11) is 1.30. The normalized spacial score (nSPS) is 8.91. The maximum Gasteiger partial charge on any atom is 0.324 e. The second-order valence-electron chi connectivity index (χ2n) is 1.92. The average molecular weight is 161 g/mol. The number of rotatable bonds is 4. The molecule has 2 N–H and O–H groups in total. The number of esters is 1. The Labute approximate surface area is 64.4 Å². The fourth-order valence-corrected chi connectivity index (χ4v) is 0.538. The first kappa shape index (κ1) is 9.90. The van der Waals surface area contributed by atoms with Gasteiger partial charge < -0.3 is 9.57 Å². The summed E-state index contributed by atoms with van der Waals surface area (Å²) in [4.78, 5) is 24.7. The molecule has 0 aromatic rings. The highest BCUT2D eigenvalue weighted by Crippen LogP contribution is 1.97. The molecule has 0 aliphatic rings. The van der Waals surface area contributed by atoms with Crippen LogP contribution in [0.3, 0.4) is 0 Å². The van der Waals surface area contributed by atoms with Crippen LogP contribution >= 0.6 is 0 Å². The van der Waals surface area contributed by atoms with E-state index in [0.29, 0.717) is 6.42 Å². The van der Waals surface area contributed by atoms with Gasteiger partial charge in [0, 0.05) is 12.8 Å². The van der Waals surface area contributed by atoms with Gasteiger partial charge in [-0.05, 0) is 6.42 Å². The van der Waals surface area contributed by atoms with Gasteiger partial charge in [-0.3, -0.25) is 9.59 Å². The van der Waals surface area contributed by atoms with E-state index in [1.165, 1.54) is 7.11 Å². The van der Waals surface area contributed by atoms with E-state index in [9.17, 15) is 9.59 Å². The summed E-state index contributed by atoms with van der Waals surface area (Å²) in [6.45, 7) is 0. The lowest BCUT2D eigenvalue weighted by Crippen LogP contribution is -2.10. The minimum Gasteiger partial charge on any atom is -0.469 e. The largest absolute Gasteiger partial charge is 0.469 e. The van der Waals surface area contributed by atoms with Gasteiger partial charge in [0.05, 0.1) is 7.11 Å². The number of hydrogen-bond donors (Lipinski definition) is 1. The van der Waals surface area contributed by atoms with E-state index < -0.39 is 5.97 Å². The Kier molecular flexibility index (Phi) is 5.10. The van der Waals surface area contributed by atoms with Gasteiger partial charge in [0.15, 0.2) is 0 Å². The first-order valence-electron chi connectivity index (χ1n) is 3.17. The molecule has 0 aromatic heterocycles. The zero-order valence-corrected chi connectivity index (χ0v) is 6.33. The van der Waals surface area contributed by atoms with E-state index in [4.69, 9.17) is 0 Å². The van der Waals surface area contributed by atoms with Crippen LogP contribution in [0, 0.1) is 0 Å². The van der Waals surface area contributed by atoms with Crippen molar-refractivity contribution < 1.29 is 19.2 Å². The molecule has 0 spiro atoms. The lowest BCUT2D eigenvalue weighted by atomic mass is 10.2. The van der Waals surface area contributed by atoms with Gasteiger partial charge in [-0.2, -0.15) is 5.90 Å². The molecule has 0 rings (SSSR count). The molecule has 11 heavy (non-hydrogen) atoms. The van der Waals surface area contributed by atoms with Gasteiger partial charge in [-0.25, -0.2) is 0 Å². The molecule has 0 aromatic carbocycles. The predicted octanol–water partition coefficient (Wildman–Crippen LogP) is -0.253. The maximum absolute atomic E-state index is 10.5. The Balaban J connectivity index is 3.27. The molecule has 0 heterocycles. The Morgan fingerprint density at radius 1 is 1.27 bits per heavy atom. The van der Waals surface area contributed by atoms with E-state index in [1.54, 1.807) is 0 Å². The van der Waals surface area contributed by atoms with Crippen LogP contribution in [0.4, 0.5) is 0 Å². The SMILES string of the molecule is COC(=O)CCCC(=O)ON. The van der Waals surface area contributed by atoms with Crippen molar-refractivity contribution in [2.24, 2.45) is 5.90 Å². The second-order valence-corrected chi connectivity index (χ2v) is 1.92. The van der Waals surface area contributed by atoms with Crippen LogP contribution in [0.25, 0.3) is 0 Å². The summed E-state index contributed by atoms with van der Waals surface area (Å²) in [5.74, 6) is 3.70. The summed E-state index contributed by atoms with van der Waals surface area (Å²) in [6.07, 6.45) is 0.764. The fraction of sp³-hybridized carbons (Fsp3) is 0.667. The van der Waals surface area contributed by atoms with Crippen LogP contribution in [0.1, 0.15) is 19.3 Å². The molecular formula is C6H11NO4. The monoisotopic (exact) mass is 161 g/mol. The number of carbonyl (C=O) groups excluding carboxylic acids is 2. The first-order chi connectivity index (χ1) is 5.20. The van der Waals surface area contributed by atoms with Gasteiger partial charge in [0.1, 0.15) is 0 Å². The van der Waals surface area contributed by atoms with Crippen molar-refractivity contribution in [2.75, 3.05) is 7.11 Å². The molecule has 5 nitrogen and oxygen atoms in total. The number of carbonyl (C=O) groups is 2. The summed E-state index contributed by atoms with van der Waals surface area (Å²) in [5.41, 5.74) is 0. The molecule has 64 valence electrons. The Hall–Kier alpha value is -1.10. The van der Waals surface area contributed by atoms with Crippen LogP contribution in [0.5, 0.6) is 0 Å². The molecule has 0 aliphatic carbocycles. The van der Waals surface area contributed by atoms with Crippen molar-refractivity contribution in [3.05, 3.63) is 0 Å². The molecule has 0 saturated carbocycles. The van der Waals surface area contributed by atoms with E-state index in [1.807, 2.05) is 0 Å². The molecule has 0 amide bonds. The summed E-state index contributed by atoms with van der Waals surface area (Å²) >= 11 is 0. The topological polar surface area (TPSA) is 78.6 Å². The highest BCUT2D eigenvalue weighted by atomic mass is 16.7. The molecule has 0 unspecified atom stereocenters. The lowest BCUT2D eigenvalue weighted by molar-refractivity contribution is -0.145. The zero-order valence-electron chi connectivity index (χ0n) is 6.33. The minimum absolute atomic E-state index is 0.144. The average Bonchev–Trinajstić information content (AvgIpc) is 2.04. The van der Waals surface area contributed by atoms with Crippen molar-refractivity contribution in [2.45, 2.75) is 19.3 Å². The molecule has 5 heteroatoms. The number of methoxy groups -OCH3 is 1. The van der Waals surface area contributed by atoms with Crippen LogP contribution in [0.15, 0.2) is 0 Å². The molecule has 0 fully saturated rings. The Morgan fingerprint density at radius 2 is 1.82 bits per heavy atom. The van der Waals surface area contributed by atoms with Crippen LogP contribution < -0.4 is 5.90 Å². The van der Waals surface area contributed by atoms with Crippen molar-refractivity contribution >= 4 is 11.9 Å². The summed E-state index contributed by atoms with van der Waals surface area (Å²) in [5, 5.41) is 0. The van der Waals surface area contributed by atoms with Gasteiger partial charge in [0.25, 0.3) is 0 Å². The summed E-state index contributed by atoms with van der Waals surface area (Å²) in [6, 6.07) is 0. The van der Waals surface area contributed by atoms with Gasteiger partial charge in [0.2, 0.25) is 0 Å². The highest BCUT2D eigenvalue weighted by molar-refractivity contribution is 5.72. The summed E-state index contributed by atoms with van der Waals surface area (Å²) < 4.78 is 4.34. The van der Waals surface area contributed by atoms with Gasteiger partial charge in [-0.15, -0.1) is 0 Å². The van der Waals surface area contributed by atoms with Crippen molar-refractivity contribution in [1.29, 1.82) is 0 Å². The van der Waals surface area contributed by atoms with Crippen LogP contribution in [0.2, 0.25) is 0 Å². The number of nitrogens with two attached hydrogens (primary N) is 1. The maximum atomic E-state index is 10.5. The third-order valence-corrected chi connectivity index (χ3v) is 1.12. The molecule has 0 saturated heterocycles. The highest BCUT2D eigenvalue weighted by Gasteiger charge is 2.04. The zero-order chi connectivity index (χ0) is 8.69. The van der Waals surface area contributed by atoms with Crippen LogP contribution in [-0.4, -0.2) is 19.0 Å². The molecular weight excluding hydrogens is 150 g/mol. The smallest absolute Gasteiger partial charge is 0.324 e. The minimum atomic E-state index is -0.520. The Bertz CT molecular complexity index is 130. The fourth-order valence-electron chi connectivity index (χ4n) is 0.538. The van der Waals surface area contributed by atoms with E-state index in [0.717, 1.165) is 0 Å². The van der Waals surface area contributed by atoms with Gasteiger partial charge >= 0.3 is 11.9 Å². The van der Waals surface area contributed by atoms with Crippen LogP contribution in [-0.2, 0) is 19.2 Å². The van der Waals surface area contributed by atoms with Crippen molar-refractivity contribution in [3.8, 4) is 0 Å². The number of hydrogen-bond acceptors (Lipinski definition) is 5. The molecule has 0 radical (unpaired) electrons. The van der Waals surface area contributed by atoms with E-state index >= 15 is 0 Å². The van der Waals surface area contributed by atoms with E-state index in [2.05, 4.69) is 15.5 Å². The van der Waals surface area contributed by atoms with E-state index in [-0.39, 0.29) is 18.8 Å². The quantitative estimate of drug-likeness (QED) is 0.454. The molecule has 0 aliphatic heterocycles. The van der Waals surface area contributed by atoms with Gasteiger partial charge in [-0.1, -0.05) is 0 Å². The standard InChI is InChI=1S/C6H11NO4/c1-10-5(8)3-2-4-6(9)11-7/h2-4,7H2,1H3. The third-order valence-electron chi connectivity index (χ3n) is 1.12. The lowest BCUT2D eigenvalue weighted by Gasteiger charge is -1.97. The molecule has 0 bridgehead atoms. The predicted molar refractivity (Wildman–Crippen MR) is 36.1 cm³/mol.